The number of amides is 1. The predicted molar refractivity (Wildman–Crippen MR) is 60.5 cm³/mol. The van der Waals surface area contributed by atoms with Gasteiger partial charge in [-0.25, -0.2) is 4.79 Å². The summed E-state index contributed by atoms with van der Waals surface area (Å²) in [6.07, 6.45) is -4.77. The monoisotopic (exact) mass is 281 g/mol. The van der Waals surface area contributed by atoms with Crippen molar-refractivity contribution in [1.82, 2.24) is 5.32 Å². The van der Waals surface area contributed by atoms with Gasteiger partial charge in [-0.15, -0.1) is 12.4 Å². The number of hydrogen-bond acceptors (Lipinski definition) is 2. The Morgan fingerprint density at radius 1 is 1.28 bits per heavy atom. The van der Waals surface area contributed by atoms with E-state index in [1.807, 2.05) is 0 Å². The van der Waals surface area contributed by atoms with Gasteiger partial charge in [0.05, 0.1) is 18.2 Å². The molecule has 100 valence electrons. The van der Waals surface area contributed by atoms with Gasteiger partial charge in [0.2, 0.25) is 0 Å². The average Bonchev–Trinajstić information content (AvgIpc) is 2.28. The number of carbonyl (C=O) groups is 1. The minimum absolute atomic E-state index is 0. The molecule has 3 nitrogen and oxygen atoms in total. The van der Waals surface area contributed by atoms with E-state index < -0.39 is 23.9 Å². The Morgan fingerprint density at radius 3 is 2.56 bits per heavy atom. The normalized spacial score (nSPS) is 19.5. The highest BCUT2D eigenvalue weighted by molar-refractivity contribution is 5.85. The summed E-state index contributed by atoms with van der Waals surface area (Å²) in [4.78, 5) is 11.0. The highest BCUT2D eigenvalue weighted by Gasteiger charge is 2.36. The van der Waals surface area contributed by atoms with E-state index in [9.17, 15) is 18.0 Å². The summed E-state index contributed by atoms with van der Waals surface area (Å²) >= 11 is 0. The number of alkyl halides is 3. The lowest BCUT2D eigenvalue weighted by Gasteiger charge is -2.26. The molecule has 1 aromatic carbocycles. The van der Waals surface area contributed by atoms with Crippen LogP contribution in [0.3, 0.4) is 0 Å². The van der Waals surface area contributed by atoms with Crippen LogP contribution in [0.25, 0.3) is 0 Å². The zero-order valence-electron chi connectivity index (χ0n) is 9.16. The van der Waals surface area contributed by atoms with Gasteiger partial charge < -0.3 is 10.1 Å². The molecule has 1 amide bonds. The summed E-state index contributed by atoms with van der Waals surface area (Å²) < 4.78 is 42.9. The van der Waals surface area contributed by atoms with Crippen molar-refractivity contribution in [2.75, 3.05) is 6.61 Å². The molecule has 1 atom stereocenters. The molecule has 0 spiro atoms. The highest BCUT2D eigenvalue weighted by atomic mass is 35.5. The number of benzene rings is 1. The van der Waals surface area contributed by atoms with E-state index in [0.29, 0.717) is 6.42 Å². The second-order valence-electron chi connectivity index (χ2n) is 3.71. The number of hydrogen-bond donors (Lipinski definition) is 1. The number of cyclic esters (lactones) is 1. The van der Waals surface area contributed by atoms with Crippen molar-refractivity contribution in [3.63, 3.8) is 0 Å². The van der Waals surface area contributed by atoms with Crippen LogP contribution in [0.2, 0.25) is 0 Å². The largest absolute Gasteiger partial charge is 0.449 e. The van der Waals surface area contributed by atoms with Gasteiger partial charge in [-0.05, 0) is 11.6 Å². The Hall–Kier alpha value is -1.43. The number of carbonyl (C=O) groups excluding carboxylic acids is 1. The minimum atomic E-state index is -4.42. The zero-order chi connectivity index (χ0) is 12.5. The first-order chi connectivity index (χ1) is 7.98. The maximum Gasteiger partial charge on any atom is 0.416 e. The SMILES string of the molecule is Cl.O=C1N[C@@H](c2ccccc2C(F)(F)F)CCO1. The molecule has 0 aromatic heterocycles. The van der Waals surface area contributed by atoms with Gasteiger partial charge in [0, 0.05) is 6.42 Å². The topological polar surface area (TPSA) is 38.3 Å². The third kappa shape index (κ3) is 3.07. The fourth-order valence-electron chi connectivity index (χ4n) is 1.82. The van der Waals surface area contributed by atoms with E-state index in [1.54, 1.807) is 0 Å². The number of halogens is 4. The molecule has 1 aliphatic rings. The second kappa shape index (κ2) is 5.48. The number of alkyl carbamates (subject to hydrolysis) is 1. The third-order valence-corrected chi connectivity index (χ3v) is 2.57. The summed E-state index contributed by atoms with van der Waals surface area (Å²) in [5, 5.41) is 2.38. The molecule has 1 saturated heterocycles. The number of rotatable bonds is 1. The van der Waals surface area contributed by atoms with Gasteiger partial charge in [-0.2, -0.15) is 13.2 Å². The van der Waals surface area contributed by atoms with Crippen LogP contribution in [0.5, 0.6) is 0 Å². The van der Waals surface area contributed by atoms with E-state index in [4.69, 9.17) is 0 Å². The Morgan fingerprint density at radius 2 is 1.94 bits per heavy atom. The lowest BCUT2D eigenvalue weighted by Crippen LogP contribution is -2.36. The molecule has 0 aliphatic carbocycles. The van der Waals surface area contributed by atoms with Crippen molar-refractivity contribution >= 4 is 18.5 Å². The van der Waals surface area contributed by atoms with Crippen LogP contribution < -0.4 is 5.32 Å². The minimum Gasteiger partial charge on any atom is -0.449 e. The Bertz CT molecular complexity index is 437. The average molecular weight is 282 g/mol. The van der Waals surface area contributed by atoms with Gasteiger partial charge in [0.25, 0.3) is 0 Å². The summed E-state index contributed by atoms with van der Waals surface area (Å²) in [6, 6.07) is 4.59. The molecule has 1 N–H and O–H groups in total. The van der Waals surface area contributed by atoms with Crippen LogP contribution in [-0.2, 0) is 10.9 Å². The van der Waals surface area contributed by atoms with Crippen molar-refractivity contribution in [1.29, 1.82) is 0 Å². The quantitative estimate of drug-likeness (QED) is 0.858. The fraction of sp³-hybridized carbons (Fsp3) is 0.364. The Kier molecular flexibility index (Phi) is 4.45. The molecule has 1 fully saturated rings. The van der Waals surface area contributed by atoms with Gasteiger partial charge in [-0.1, -0.05) is 18.2 Å². The van der Waals surface area contributed by atoms with Crippen LogP contribution in [-0.4, -0.2) is 12.7 Å². The maximum absolute atomic E-state index is 12.8. The number of ether oxygens (including phenoxy) is 1. The molecule has 0 unspecified atom stereocenters. The van der Waals surface area contributed by atoms with Crippen LogP contribution in [0.4, 0.5) is 18.0 Å². The van der Waals surface area contributed by atoms with E-state index >= 15 is 0 Å². The lowest BCUT2D eigenvalue weighted by atomic mass is 9.97. The van der Waals surface area contributed by atoms with Crippen molar-refractivity contribution < 1.29 is 22.7 Å². The highest BCUT2D eigenvalue weighted by Crippen LogP contribution is 2.35. The molecular weight excluding hydrogens is 271 g/mol. The van der Waals surface area contributed by atoms with Crippen molar-refractivity contribution in [3.8, 4) is 0 Å². The van der Waals surface area contributed by atoms with Gasteiger partial charge in [0.15, 0.2) is 0 Å². The van der Waals surface area contributed by atoms with Gasteiger partial charge >= 0.3 is 12.3 Å². The lowest BCUT2D eigenvalue weighted by molar-refractivity contribution is -0.138. The van der Waals surface area contributed by atoms with Crippen molar-refractivity contribution in [2.24, 2.45) is 0 Å². The third-order valence-electron chi connectivity index (χ3n) is 2.57. The zero-order valence-corrected chi connectivity index (χ0v) is 9.98. The summed E-state index contributed by atoms with van der Waals surface area (Å²) in [7, 11) is 0. The molecule has 0 bridgehead atoms. The molecule has 1 aliphatic heterocycles. The van der Waals surface area contributed by atoms with E-state index in [2.05, 4.69) is 10.1 Å². The van der Waals surface area contributed by atoms with Gasteiger partial charge in [-0.3, -0.25) is 0 Å². The van der Waals surface area contributed by atoms with E-state index in [-0.39, 0.29) is 24.6 Å². The Balaban J connectivity index is 0.00000162. The fourth-order valence-corrected chi connectivity index (χ4v) is 1.82. The van der Waals surface area contributed by atoms with E-state index in [1.165, 1.54) is 18.2 Å². The first kappa shape index (κ1) is 14.6. The molecule has 0 saturated carbocycles. The molecular formula is C11H11ClF3NO2. The van der Waals surface area contributed by atoms with Crippen molar-refractivity contribution in [2.45, 2.75) is 18.6 Å². The molecule has 7 heteroatoms. The predicted octanol–water partition coefficient (Wildman–Crippen LogP) is 3.30. The molecule has 1 aromatic rings. The molecule has 0 radical (unpaired) electrons. The maximum atomic E-state index is 12.8. The van der Waals surface area contributed by atoms with Crippen molar-refractivity contribution in [3.05, 3.63) is 35.4 Å². The molecule has 2 rings (SSSR count). The first-order valence-corrected chi connectivity index (χ1v) is 5.08. The van der Waals surface area contributed by atoms with Crippen LogP contribution in [0, 0.1) is 0 Å². The van der Waals surface area contributed by atoms with Crippen LogP contribution in [0.15, 0.2) is 24.3 Å². The second-order valence-corrected chi connectivity index (χ2v) is 3.71. The van der Waals surface area contributed by atoms with E-state index in [0.717, 1.165) is 6.07 Å². The summed E-state index contributed by atoms with van der Waals surface area (Å²) in [6.45, 7) is 0.128. The summed E-state index contributed by atoms with van der Waals surface area (Å²) in [5.74, 6) is 0. The smallest absolute Gasteiger partial charge is 0.416 e. The summed E-state index contributed by atoms with van der Waals surface area (Å²) in [5.41, 5.74) is -0.635. The van der Waals surface area contributed by atoms with Crippen LogP contribution in [0.1, 0.15) is 23.6 Å². The number of nitrogens with one attached hydrogen (secondary N) is 1. The molecule has 18 heavy (non-hydrogen) atoms. The Labute approximate surface area is 108 Å². The van der Waals surface area contributed by atoms with Crippen LogP contribution >= 0.6 is 12.4 Å². The first-order valence-electron chi connectivity index (χ1n) is 5.08. The van der Waals surface area contributed by atoms with Gasteiger partial charge in [0.1, 0.15) is 0 Å². The molecule has 1 heterocycles. The standard InChI is InChI=1S/C11H10F3NO2.ClH/c12-11(13,14)8-4-2-1-3-7(8)9-5-6-17-10(16)15-9;/h1-4,9H,5-6H2,(H,15,16);1H/t9-;/m1./s1.